The normalized spacial score (nSPS) is 18.3. The molecule has 5 rings (SSSR count). The molecule has 0 saturated carbocycles. The highest BCUT2D eigenvalue weighted by Crippen LogP contribution is 2.40. The molecule has 0 bridgehead atoms. The maximum absolute atomic E-state index is 6.51. The summed E-state index contributed by atoms with van der Waals surface area (Å²) in [6, 6.07) is 7.71. The van der Waals surface area contributed by atoms with E-state index in [1.165, 1.54) is 6.33 Å². The number of ether oxygens (including phenoxy) is 4. The van der Waals surface area contributed by atoms with E-state index >= 15 is 0 Å². The van der Waals surface area contributed by atoms with Crippen molar-refractivity contribution in [1.29, 1.82) is 0 Å². The summed E-state index contributed by atoms with van der Waals surface area (Å²) in [5.74, 6) is 2.43. The van der Waals surface area contributed by atoms with E-state index in [2.05, 4.69) is 25.9 Å². The number of rotatable bonds is 10. The summed E-state index contributed by atoms with van der Waals surface area (Å²) in [5, 5.41) is 11.9. The van der Waals surface area contributed by atoms with Crippen molar-refractivity contribution in [2.24, 2.45) is 0 Å². The number of piperazine rings is 1. The monoisotopic (exact) mass is 561 g/mol. The SMILES string of the molecule is COc1cc(Nc2ncnc3cc(OCCCC4CNCCN4)cc(OC4CCOCC4)c23)c(Cl)cc1Cl. The number of benzene rings is 2. The molecular weight excluding hydrogens is 529 g/mol. The quantitative estimate of drug-likeness (QED) is 0.296. The Labute approximate surface area is 232 Å². The van der Waals surface area contributed by atoms with Crippen LogP contribution in [-0.2, 0) is 4.74 Å². The second-order valence-electron chi connectivity index (χ2n) is 9.40. The lowest BCUT2D eigenvalue weighted by atomic mass is 10.1. The van der Waals surface area contributed by atoms with Gasteiger partial charge in [-0.25, -0.2) is 9.97 Å². The Morgan fingerprint density at radius 1 is 1.05 bits per heavy atom. The number of halogens is 2. The van der Waals surface area contributed by atoms with Gasteiger partial charge in [0.25, 0.3) is 0 Å². The molecule has 38 heavy (non-hydrogen) atoms. The van der Waals surface area contributed by atoms with Crippen LogP contribution in [0, 0.1) is 0 Å². The van der Waals surface area contributed by atoms with E-state index in [0.29, 0.717) is 70.2 Å². The van der Waals surface area contributed by atoms with Crippen LogP contribution >= 0.6 is 23.2 Å². The smallest absolute Gasteiger partial charge is 0.145 e. The zero-order valence-corrected chi connectivity index (χ0v) is 22.9. The fourth-order valence-electron chi connectivity index (χ4n) is 4.72. The molecule has 2 aliphatic heterocycles. The first-order chi connectivity index (χ1) is 18.6. The number of fused-ring (bicyclic) bond motifs is 1. The molecule has 0 radical (unpaired) electrons. The molecule has 2 fully saturated rings. The van der Waals surface area contributed by atoms with Crippen molar-refractivity contribution in [3.8, 4) is 17.2 Å². The summed E-state index contributed by atoms with van der Waals surface area (Å²) in [4.78, 5) is 9.06. The molecule has 0 aliphatic carbocycles. The standard InChI is InChI=1S/C27H33Cl2N5O4/c1-35-24-14-22(20(28)13-21(24)29)34-27-26-23(32-16-33-27)11-19(12-25(26)38-18-4-9-36-10-5-18)37-8-2-3-17-15-30-6-7-31-17/h11-14,16-18,30-31H,2-10,15H2,1H3,(H,32,33,34). The van der Waals surface area contributed by atoms with Crippen molar-refractivity contribution >= 4 is 45.6 Å². The van der Waals surface area contributed by atoms with Gasteiger partial charge < -0.3 is 34.9 Å². The summed E-state index contributed by atoms with van der Waals surface area (Å²) < 4.78 is 23.6. The molecule has 3 aromatic rings. The molecule has 3 heterocycles. The van der Waals surface area contributed by atoms with Crippen molar-refractivity contribution in [1.82, 2.24) is 20.6 Å². The van der Waals surface area contributed by atoms with Gasteiger partial charge in [-0.2, -0.15) is 0 Å². The molecule has 2 aromatic carbocycles. The molecule has 2 aliphatic rings. The average Bonchev–Trinajstić information content (AvgIpc) is 2.94. The molecule has 2 saturated heterocycles. The molecule has 1 aromatic heterocycles. The minimum atomic E-state index is 0.0272. The molecule has 204 valence electrons. The minimum Gasteiger partial charge on any atom is -0.495 e. The van der Waals surface area contributed by atoms with Gasteiger partial charge in [0.1, 0.15) is 35.5 Å². The number of hydrogen-bond acceptors (Lipinski definition) is 9. The molecule has 0 amide bonds. The zero-order chi connectivity index (χ0) is 26.3. The van der Waals surface area contributed by atoms with E-state index in [-0.39, 0.29) is 6.10 Å². The Hall–Kier alpha value is -2.56. The van der Waals surface area contributed by atoms with Crippen LogP contribution in [0.5, 0.6) is 17.2 Å². The van der Waals surface area contributed by atoms with Gasteiger partial charge in [0, 0.05) is 56.7 Å². The first-order valence-corrected chi connectivity index (χ1v) is 13.8. The number of nitrogens with zero attached hydrogens (tertiary/aromatic N) is 2. The number of methoxy groups -OCH3 is 1. The number of hydrogen-bond donors (Lipinski definition) is 3. The highest BCUT2D eigenvalue weighted by atomic mass is 35.5. The summed E-state index contributed by atoms with van der Waals surface area (Å²) in [6.07, 6.45) is 5.15. The predicted molar refractivity (Wildman–Crippen MR) is 150 cm³/mol. The largest absolute Gasteiger partial charge is 0.495 e. The third-order valence-corrected chi connectivity index (χ3v) is 7.33. The number of nitrogens with one attached hydrogen (secondary N) is 3. The van der Waals surface area contributed by atoms with Gasteiger partial charge in [-0.3, -0.25) is 0 Å². The van der Waals surface area contributed by atoms with Crippen molar-refractivity contribution in [2.45, 2.75) is 37.8 Å². The Balaban J connectivity index is 1.41. The lowest BCUT2D eigenvalue weighted by Gasteiger charge is -2.25. The first-order valence-electron chi connectivity index (χ1n) is 13.0. The highest BCUT2D eigenvalue weighted by Gasteiger charge is 2.21. The average molecular weight is 562 g/mol. The fraction of sp³-hybridized carbons (Fsp3) is 0.481. The molecule has 0 spiro atoms. The second kappa shape index (κ2) is 13.0. The molecule has 9 nitrogen and oxygen atoms in total. The summed E-state index contributed by atoms with van der Waals surface area (Å²) >= 11 is 12.7. The van der Waals surface area contributed by atoms with E-state index in [1.807, 2.05) is 12.1 Å². The minimum absolute atomic E-state index is 0.0272. The van der Waals surface area contributed by atoms with Gasteiger partial charge >= 0.3 is 0 Å². The molecule has 1 unspecified atom stereocenters. The highest BCUT2D eigenvalue weighted by molar-refractivity contribution is 6.37. The summed E-state index contributed by atoms with van der Waals surface area (Å²) in [7, 11) is 1.56. The van der Waals surface area contributed by atoms with Gasteiger partial charge in [-0.05, 0) is 18.9 Å². The van der Waals surface area contributed by atoms with E-state index in [1.54, 1.807) is 19.2 Å². The van der Waals surface area contributed by atoms with Crippen molar-refractivity contribution in [2.75, 3.05) is 51.9 Å². The van der Waals surface area contributed by atoms with Crippen LogP contribution < -0.4 is 30.2 Å². The topological polar surface area (TPSA) is 98.8 Å². The van der Waals surface area contributed by atoms with Crippen LogP contribution in [0.3, 0.4) is 0 Å². The number of aromatic nitrogens is 2. The van der Waals surface area contributed by atoms with Crippen LogP contribution in [0.1, 0.15) is 25.7 Å². The molecule has 3 N–H and O–H groups in total. The van der Waals surface area contributed by atoms with Crippen LogP contribution in [0.25, 0.3) is 10.9 Å². The van der Waals surface area contributed by atoms with Crippen LogP contribution in [0.2, 0.25) is 10.0 Å². The first kappa shape index (κ1) is 27.0. The summed E-state index contributed by atoms with van der Waals surface area (Å²) in [6.45, 7) is 4.98. The Kier molecular flexibility index (Phi) is 9.24. The predicted octanol–water partition coefficient (Wildman–Crippen LogP) is 4.97. The third-order valence-electron chi connectivity index (χ3n) is 6.72. The van der Waals surface area contributed by atoms with Gasteiger partial charge in [0.05, 0.1) is 53.6 Å². The van der Waals surface area contributed by atoms with Gasteiger partial charge in [0.2, 0.25) is 0 Å². The Morgan fingerprint density at radius 2 is 1.92 bits per heavy atom. The Morgan fingerprint density at radius 3 is 2.71 bits per heavy atom. The van der Waals surface area contributed by atoms with Crippen molar-refractivity contribution in [3.63, 3.8) is 0 Å². The maximum Gasteiger partial charge on any atom is 0.145 e. The van der Waals surface area contributed by atoms with Crippen LogP contribution in [0.4, 0.5) is 11.5 Å². The van der Waals surface area contributed by atoms with Crippen LogP contribution in [-0.4, -0.2) is 68.7 Å². The second-order valence-corrected chi connectivity index (χ2v) is 10.2. The van der Waals surface area contributed by atoms with Gasteiger partial charge in [0.15, 0.2) is 0 Å². The Bertz CT molecular complexity index is 1240. The lowest BCUT2D eigenvalue weighted by molar-refractivity contribution is 0.0261. The van der Waals surface area contributed by atoms with Crippen molar-refractivity contribution in [3.05, 3.63) is 40.6 Å². The fourth-order valence-corrected chi connectivity index (χ4v) is 5.23. The van der Waals surface area contributed by atoms with E-state index in [0.717, 1.165) is 50.7 Å². The zero-order valence-electron chi connectivity index (χ0n) is 21.4. The maximum atomic E-state index is 6.51. The molecule has 1 atom stereocenters. The lowest BCUT2D eigenvalue weighted by Crippen LogP contribution is -2.48. The molecule has 11 heteroatoms. The number of anilines is 2. The van der Waals surface area contributed by atoms with Crippen molar-refractivity contribution < 1.29 is 18.9 Å². The molecular formula is C27H33Cl2N5O4. The van der Waals surface area contributed by atoms with Crippen LogP contribution in [0.15, 0.2) is 30.6 Å². The van der Waals surface area contributed by atoms with E-state index in [4.69, 9.17) is 42.1 Å². The van der Waals surface area contributed by atoms with E-state index < -0.39 is 0 Å². The van der Waals surface area contributed by atoms with E-state index in [9.17, 15) is 0 Å². The van der Waals surface area contributed by atoms with Gasteiger partial charge in [-0.15, -0.1) is 0 Å². The summed E-state index contributed by atoms with van der Waals surface area (Å²) in [5.41, 5.74) is 1.31. The van der Waals surface area contributed by atoms with Gasteiger partial charge in [-0.1, -0.05) is 23.2 Å². The third kappa shape index (κ3) is 6.71.